The van der Waals surface area contributed by atoms with Crippen LogP contribution in [0.1, 0.15) is 59.7 Å². The van der Waals surface area contributed by atoms with Gasteiger partial charge in [-0.05, 0) is 60.4 Å². The van der Waals surface area contributed by atoms with E-state index in [-0.39, 0.29) is 24.4 Å². The molecule has 0 heterocycles. The molecule has 7 heteroatoms. The summed E-state index contributed by atoms with van der Waals surface area (Å²) in [7, 11) is -3.74. The van der Waals surface area contributed by atoms with Crippen LogP contribution in [0.4, 0.5) is 0 Å². The van der Waals surface area contributed by atoms with Crippen molar-refractivity contribution in [2.45, 2.75) is 50.6 Å². The largest absolute Gasteiger partial charge is 0.241 e. The second-order valence-corrected chi connectivity index (χ2v) is 11.3. The van der Waals surface area contributed by atoms with Crippen LogP contribution in [0, 0.1) is 13.8 Å². The summed E-state index contributed by atoms with van der Waals surface area (Å²) in [6.45, 7) is 8.46. The van der Waals surface area contributed by atoms with Crippen LogP contribution in [0.25, 0.3) is 0 Å². The van der Waals surface area contributed by atoms with Crippen LogP contribution in [0.5, 0.6) is 0 Å². The number of halogens is 1. The van der Waals surface area contributed by atoms with Crippen LogP contribution < -0.4 is 9.56 Å². The van der Waals surface area contributed by atoms with Crippen molar-refractivity contribution >= 4 is 21.8 Å². The maximum absolute atomic E-state index is 13.0. The van der Waals surface area contributed by atoms with Crippen LogP contribution in [-0.4, -0.2) is 8.42 Å². The van der Waals surface area contributed by atoms with Crippen molar-refractivity contribution in [1.82, 2.24) is 9.56 Å². The van der Waals surface area contributed by atoms with Crippen LogP contribution in [0.2, 0.25) is 0 Å². The molecule has 4 nitrogen and oxygen atoms in total. The topological polar surface area (TPSA) is 58.2 Å². The van der Waals surface area contributed by atoms with Gasteiger partial charge in [-0.3, -0.25) is 0 Å². The van der Waals surface area contributed by atoms with E-state index in [2.05, 4.69) is 54.6 Å². The number of hydrogen-bond acceptors (Lipinski definition) is 3. The first kappa shape index (κ1) is 31.9. The number of hydrogen-bond donors (Lipinski definition) is 2. The second kappa shape index (κ2) is 15.3. The van der Waals surface area contributed by atoms with Gasteiger partial charge < -0.3 is 0 Å². The van der Waals surface area contributed by atoms with Gasteiger partial charge in [0.15, 0.2) is 0 Å². The molecule has 0 saturated heterocycles. The third-order valence-corrected chi connectivity index (χ3v) is 7.82. The molecule has 0 aliphatic rings. The van der Waals surface area contributed by atoms with Crippen molar-refractivity contribution < 1.29 is 27.9 Å². The van der Waals surface area contributed by atoms with E-state index in [1.54, 1.807) is 24.3 Å². The molecule has 0 spiro atoms. The van der Waals surface area contributed by atoms with Gasteiger partial charge in [-0.15, -0.1) is 0 Å². The summed E-state index contributed by atoms with van der Waals surface area (Å²) in [4.78, 5) is 2.96. The summed E-state index contributed by atoms with van der Waals surface area (Å²) >= 11 is 6.06. The second-order valence-electron chi connectivity index (χ2n) is 9.39. The molecular formula is C31H35ClN2O2RuS. The van der Waals surface area contributed by atoms with Crippen molar-refractivity contribution in [1.29, 1.82) is 0 Å². The van der Waals surface area contributed by atoms with Gasteiger partial charge in [-0.25, -0.2) is 18.0 Å². The molecule has 0 aliphatic carbocycles. The molecule has 0 aliphatic heterocycles. The van der Waals surface area contributed by atoms with Crippen LogP contribution in [-0.2, 0) is 29.5 Å². The zero-order valence-electron chi connectivity index (χ0n) is 22.1. The fraction of sp³-hybridized carbons (Fsp3) is 0.226. The molecule has 0 amide bonds. The molecule has 0 saturated carbocycles. The molecule has 0 bridgehead atoms. The Kier molecular flexibility index (Phi) is 12.8. The quantitative estimate of drug-likeness (QED) is 0.155. The van der Waals surface area contributed by atoms with E-state index in [0.717, 1.165) is 16.7 Å². The minimum atomic E-state index is -3.74. The third-order valence-electron chi connectivity index (χ3n) is 6.13. The Hall–Kier alpha value is -2.34. The summed E-state index contributed by atoms with van der Waals surface area (Å²) in [5.74, 6) is 0.653. The molecule has 2 atom stereocenters. The molecule has 202 valence electrons. The van der Waals surface area contributed by atoms with E-state index in [9.17, 15) is 8.42 Å². The molecule has 0 aromatic heterocycles. The number of rotatable bonds is 8. The van der Waals surface area contributed by atoms with E-state index in [1.165, 1.54) is 11.1 Å². The number of nitrogens with one attached hydrogen (secondary N) is 2. The van der Waals surface area contributed by atoms with Crippen LogP contribution >= 0.6 is 11.8 Å². The number of benzene rings is 4. The van der Waals surface area contributed by atoms with Gasteiger partial charge in [0, 0.05) is 19.5 Å². The predicted octanol–water partition coefficient (Wildman–Crippen LogP) is 7.62. The molecule has 4 aromatic rings. The Balaban J connectivity index is 0.000000389. The maximum Gasteiger partial charge on any atom is 0.241 e. The maximum atomic E-state index is 13.0. The van der Waals surface area contributed by atoms with Crippen molar-refractivity contribution in [2.24, 2.45) is 0 Å². The molecule has 0 fully saturated rings. The minimum absolute atomic E-state index is 0. The Morgan fingerprint density at radius 2 is 1.03 bits per heavy atom. The summed E-state index contributed by atoms with van der Waals surface area (Å²) in [5, 5.41) is 0. The van der Waals surface area contributed by atoms with Crippen LogP contribution in [0.3, 0.4) is 0 Å². The number of aryl methyl sites for hydroxylation is 2. The normalized spacial score (nSPS) is 12.6. The molecular weight excluding hydrogens is 601 g/mol. The van der Waals surface area contributed by atoms with Gasteiger partial charge in [0.1, 0.15) is 0 Å². The van der Waals surface area contributed by atoms with Crippen molar-refractivity contribution in [3.63, 3.8) is 0 Å². The third kappa shape index (κ3) is 9.15. The summed E-state index contributed by atoms with van der Waals surface area (Å²) in [6, 6.07) is 33.4. The van der Waals surface area contributed by atoms with Gasteiger partial charge in [0.25, 0.3) is 0 Å². The Labute approximate surface area is 245 Å². The molecule has 38 heavy (non-hydrogen) atoms. The van der Waals surface area contributed by atoms with E-state index < -0.39 is 22.1 Å². The number of sulfonamides is 1. The molecule has 0 radical (unpaired) electrons. The fourth-order valence-corrected chi connectivity index (χ4v) is 5.36. The summed E-state index contributed by atoms with van der Waals surface area (Å²) in [5.41, 5.74) is 5.45. The van der Waals surface area contributed by atoms with Gasteiger partial charge in [-0.2, -0.15) is 0 Å². The zero-order chi connectivity index (χ0) is 26.8. The first-order valence-electron chi connectivity index (χ1n) is 12.3. The minimum Gasteiger partial charge on any atom is -0.224 e. The van der Waals surface area contributed by atoms with E-state index in [4.69, 9.17) is 11.8 Å². The average Bonchev–Trinajstić information content (AvgIpc) is 2.90. The monoisotopic (exact) mass is 636 g/mol. The SMILES string of the molecule is Cc1ccc(C(C)C)cc1.Cc1ccc(S(=O)(=O)N[C@H](c2ccccc2)[C@H](NCl)c2ccccc2)cc1.[Ru]. The van der Waals surface area contributed by atoms with Gasteiger partial charge in [-0.1, -0.05) is 122 Å². The fourth-order valence-electron chi connectivity index (χ4n) is 3.87. The van der Waals surface area contributed by atoms with Crippen molar-refractivity contribution in [3.05, 3.63) is 137 Å². The molecule has 4 rings (SSSR count). The van der Waals surface area contributed by atoms with Crippen LogP contribution in [0.15, 0.2) is 114 Å². The van der Waals surface area contributed by atoms with Crippen molar-refractivity contribution in [3.8, 4) is 0 Å². The molecule has 4 aromatic carbocycles. The van der Waals surface area contributed by atoms with E-state index in [0.29, 0.717) is 5.92 Å². The molecule has 2 N–H and O–H groups in total. The molecule has 0 unspecified atom stereocenters. The smallest absolute Gasteiger partial charge is 0.224 e. The predicted molar refractivity (Wildman–Crippen MR) is 154 cm³/mol. The van der Waals surface area contributed by atoms with E-state index in [1.807, 2.05) is 67.6 Å². The van der Waals surface area contributed by atoms with E-state index >= 15 is 0 Å². The Bertz CT molecular complexity index is 1330. The first-order valence-corrected chi connectivity index (χ1v) is 14.2. The summed E-state index contributed by atoms with van der Waals surface area (Å²) in [6.07, 6.45) is 0. The Morgan fingerprint density at radius 3 is 1.45 bits per heavy atom. The summed E-state index contributed by atoms with van der Waals surface area (Å²) < 4.78 is 28.8. The first-order chi connectivity index (χ1) is 17.7. The standard InChI is InChI=1S/C21H21ClN2O2S.C10H14.Ru/c1-16-12-14-19(15-13-16)27(25,26)24-21(18-10-6-3-7-11-18)20(23-22)17-8-4-2-5-9-17;1-8(2)10-6-4-9(3)5-7-10;/h2-15,20-21,23-24H,1H3;4-8H,1-3H3;/t20-,21-;;/m1../s1. The van der Waals surface area contributed by atoms with Gasteiger partial charge in [0.05, 0.1) is 17.0 Å². The zero-order valence-corrected chi connectivity index (χ0v) is 25.4. The van der Waals surface area contributed by atoms with Gasteiger partial charge in [0.2, 0.25) is 10.0 Å². The van der Waals surface area contributed by atoms with Crippen molar-refractivity contribution in [2.75, 3.05) is 0 Å². The van der Waals surface area contributed by atoms with Gasteiger partial charge >= 0.3 is 0 Å². The Morgan fingerprint density at radius 1 is 0.605 bits per heavy atom. The average molecular weight is 636 g/mol.